The molecule has 0 unspecified atom stereocenters. The van der Waals surface area contributed by atoms with Crippen molar-refractivity contribution in [2.45, 2.75) is 13.8 Å². The molecule has 0 aliphatic carbocycles. The first-order chi connectivity index (χ1) is 5.66. The lowest BCUT2D eigenvalue weighted by Crippen LogP contribution is -2.24. The highest BCUT2D eigenvalue weighted by atomic mass is 15.3. The molecule has 0 saturated carbocycles. The van der Waals surface area contributed by atoms with Gasteiger partial charge < -0.3 is 10.2 Å². The van der Waals surface area contributed by atoms with Crippen LogP contribution in [0.25, 0.3) is 0 Å². The Kier molecular flexibility index (Phi) is 2.53. The van der Waals surface area contributed by atoms with Crippen molar-refractivity contribution in [3.8, 4) is 0 Å². The van der Waals surface area contributed by atoms with E-state index in [9.17, 15) is 0 Å². The Labute approximate surface area is 73.5 Å². The summed E-state index contributed by atoms with van der Waals surface area (Å²) >= 11 is 0. The predicted molar refractivity (Wildman–Crippen MR) is 51.5 cm³/mol. The SMILES string of the molecule is C=NC1=CNCN1C(=C)C(C)C. The monoisotopic (exact) mass is 165 g/mol. The van der Waals surface area contributed by atoms with Gasteiger partial charge in [0.05, 0.1) is 6.67 Å². The molecule has 0 spiro atoms. The molecule has 0 radical (unpaired) electrons. The van der Waals surface area contributed by atoms with Gasteiger partial charge in [-0.05, 0) is 12.6 Å². The van der Waals surface area contributed by atoms with Crippen LogP contribution in [0.4, 0.5) is 0 Å². The van der Waals surface area contributed by atoms with Crippen molar-refractivity contribution in [2.75, 3.05) is 6.67 Å². The van der Waals surface area contributed by atoms with Crippen LogP contribution < -0.4 is 5.32 Å². The number of nitrogens with zero attached hydrogens (tertiary/aromatic N) is 2. The van der Waals surface area contributed by atoms with Crippen molar-refractivity contribution in [1.29, 1.82) is 0 Å². The Morgan fingerprint density at radius 1 is 1.75 bits per heavy atom. The molecular formula is C9H15N3. The fraction of sp³-hybridized carbons (Fsp3) is 0.444. The van der Waals surface area contributed by atoms with Gasteiger partial charge in [-0.25, -0.2) is 4.99 Å². The van der Waals surface area contributed by atoms with Gasteiger partial charge in [-0.15, -0.1) is 0 Å². The lowest BCUT2D eigenvalue weighted by molar-refractivity contribution is 0.401. The van der Waals surface area contributed by atoms with Crippen molar-refractivity contribution in [1.82, 2.24) is 10.2 Å². The van der Waals surface area contributed by atoms with Crippen LogP contribution in [0.1, 0.15) is 13.8 Å². The highest BCUT2D eigenvalue weighted by Crippen LogP contribution is 2.20. The maximum Gasteiger partial charge on any atom is 0.149 e. The number of nitrogens with one attached hydrogen (secondary N) is 1. The van der Waals surface area contributed by atoms with E-state index < -0.39 is 0 Å². The first-order valence-electron chi connectivity index (χ1n) is 4.03. The normalized spacial score (nSPS) is 15.9. The second-order valence-corrected chi connectivity index (χ2v) is 3.10. The van der Waals surface area contributed by atoms with Crippen LogP contribution in [0.15, 0.2) is 29.3 Å². The van der Waals surface area contributed by atoms with Crippen molar-refractivity contribution in [3.05, 3.63) is 24.3 Å². The first-order valence-corrected chi connectivity index (χ1v) is 4.03. The molecular weight excluding hydrogens is 150 g/mol. The highest BCUT2D eigenvalue weighted by molar-refractivity contribution is 5.30. The van der Waals surface area contributed by atoms with Crippen LogP contribution in [-0.2, 0) is 0 Å². The minimum absolute atomic E-state index is 0.440. The lowest BCUT2D eigenvalue weighted by Gasteiger charge is -2.23. The van der Waals surface area contributed by atoms with E-state index in [1.807, 2.05) is 11.1 Å². The van der Waals surface area contributed by atoms with E-state index in [0.717, 1.165) is 18.2 Å². The van der Waals surface area contributed by atoms with Crippen LogP contribution in [0.2, 0.25) is 0 Å². The molecule has 0 aromatic heterocycles. The van der Waals surface area contributed by atoms with Crippen LogP contribution in [0.3, 0.4) is 0 Å². The van der Waals surface area contributed by atoms with Gasteiger partial charge in [0.1, 0.15) is 5.82 Å². The predicted octanol–water partition coefficient (Wildman–Crippen LogP) is 1.52. The zero-order valence-electron chi connectivity index (χ0n) is 7.67. The fourth-order valence-corrected chi connectivity index (χ4v) is 1.08. The van der Waals surface area contributed by atoms with E-state index in [1.165, 1.54) is 0 Å². The number of allylic oxidation sites excluding steroid dienone is 1. The molecule has 66 valence electrons. The summed E-state index contributed by atoms with van der Waals surface area (Å²) in [4.78, 5) is 5.91. The minimum atomic E-state index is 0.440. The third kappa shape index (κ3) is 1.49. The van der Waals surface area contributed by atoms with E-state index in [2.05, 4.69) is 37.5 Å². The summed E-state index contributed by atoms with van der Waals surface area (Å²) < 4.78 is 0. The highest BCUT2D eigenvalue weighted by Gasteiger charge is 2.17. The summed E-state index contributed by atoms with van der Waals surface area (Å²) in [5, 5.41) is 3.08. The third-order valence-corrected chi connectivity index (χ3v) is 1.93. The average Bonchev–Trinajstić information content (AvgIpc) is 2.49. The van der Waals surface area contributed by atoms with Crippen molar-refractivity contribution < 1.29 is 0 Å². The van der Waals surface area contributed by atoms with E-state index >= 15 is 0 Å². The topological polar surface area (TPSA) is 27.6 Å². The molecule has 0 fully saturated rings. The average molecular weight is 165 g/mol. The summed E-state index contributed by atoms with van der Waals surface area (Å²) in [5.74, 6) is 1.30. The van der Waals surface area contributed by atoms with Gasteiger partial charge >= 0.3 is 0 Å². The number of hydrogen-bond acceptors (Lipinski definition) is 3. The van der Waals surface area contributed by atoms with Crippen LogP contribution >= 0.6 is 0 Å². The molecule has 0 saturated heterocycles. The Hall–Kier alpha value is -1.25. The van der Waals surface area contributed by atoms with Gasteiger partial charge in [0.15, 0.2) is 0 Å². The fourth-order valence-electron chi connectivity index (χ4n) is 1.08. The van der Waals surface area contributed by atoms with E-state index in [-0.39, 0.29) is 0 Å². The molecule has 12 heavy (non-hydrogen) atoms. The largest absolute Gasteiger partial charge is 0.370 e. The van der Waals surface area contributed by atoms with Crippen molar-refractivity contribution >= 4 is 6.72 Å². The van der Waals surface area contributed by atoms with Gasteiger partial charge in [0, 0.05) is 11.9 Å². The Morgan fingerprint density at radius 3 is 2.92 bits per heavy atom. The van der Waals surface area contributed by atoms with Crippen LogP contribution in [0, 0.1) is 5.92 Å². The molecule has 1 aliphatic rings. The van der Waals surface area contributed by atoms with Crippen LogP contribution in [-0.4, -0.2) is 18.3 Å². The zero-order valence-corrected chi connectivity index (χ0v) is 7.67. The maximum absolute atomic E-state index is 3.99. The van der Waals surface area contributed by atoms with Gasteiger partial charge in [-0.2, -0.15) is 0 Å². The molecule has 3 nitrogen and oxygen atoms in total. The molecule has 0 atom stereocenters. The van der Waals surface area contributed by atoms with Crippen molar-refractivity contribution in [2.24, 2.45) is 10.9 Å². The first kappa shape index (κ1) is 8.84. The molecule has 0 bridgehead atoms. The van der Waals surface area contributed by atoms with Crippen LogP contribution in [0.5, 0.6) is 0 Å². The molecule has 0 amide bonds. The lowest BCUT2D eigenvalue weighted by atomic mass is 10.1. The van der Waals surface area contributed by atoms with Gasteiger partial charge in [0.25, 0.3) is 0 Å². The smallest absolute Gasteiger partial charge is 0.149 e. The molecule has 1 rings (SSSR count). The van der Waals surface area contributed by atoms with Gasteiger partial charge in [0.2, 0.25) is 0 Å². The molecule has 1 heterocycles. The molecule has 0 aromatic rings. The molecule has 0 aromatic carbocycles. The summed E-state index contributed by atoms with van der Waals surface area (Å²) in [5.41, 5.74) is 1.07. The van der Waals surface area contributed by atoms with E-state index in [0.29, 0.717) is 5.92 Å². The quantitative estimate of drug-likeness (QED) is 0.642. The van der Waals surface area contributed by atoms with E-state index in [4.69, 9.17) is 0 Å². The summed E-state index contributed by atoms with van der Waals surface area (Å²) in [6.07, 6.45) is 1.85. The second-order valence-electron chi connectivity index (χ2n) is 3.10. The van der Waals surface area contributed by atoms with Gasteiger partial charge in [-0.3, -0.25) is 0 Å². The standard InChI is InChI=1S/C9H15N3/c1-7(2)8(3)12-6-11-5-9(12)10-4/h5,7,11H,3-4,6H2,1-2H3. The number of hydrogen-bond donors (Lipinski definition) is 1. The maximum atomic E-state index is 3.99. The molecule has 1 aliphatic heterocycles. The number of aliphatic imine (C=N–C) groups is 1. The Morgan fingerprint density at radius 2 is 2.42 bits per heavy atom. The molecule has 3 heteroatoms. The minimum Gasteiger partial charge on any atom is -0.370 e. The summed E-state index contributed by atoms with van der Waals surface area (Å²) in [6, 6.07) is 0. The summed E-state index contributed by atoms with van der Waals surface area (Å²) in [7, 11) is 0. The number of rotatable bonds is 3. The third-order valence-electron chi connectivity index (χ3n) is 1.93. The van der Waals surface area contributed by atoms with Crippen molar-refractivity contribution in [3.63, 3.8) is 0 Å². The Bertz CT molecular complexity index is 228. The summed E-state index contributed by atoms with van der Waals surface area (Å²) in [6.45, 7) is 12.5. The van der Waals surface area contributed by atoms with E-state index in [1.54, 1.807) is 0 Å². The zero-order chi connectivity index (χ0) is 9.14. The van der Waals surface area contributed by atoms with Gasteiger partial charge in [-0.1, -0.05) is 20.4 Å². The second kappa shape index (κ2) is 3.43. The molecule has 1 N–H and O–H groups in total. The Balaban J connectivity index is 2.70.